The Kier molecular flexibility index (Phi) is 7.65. The number of hydrogen-bond acceptors (Lipinski definition) is 6. The Balaban J connectivity index is 1.59. The summed E-state index contributed by atoms with van der Waals surface area (Å²) in [6.07, 6.45) is 5.99. The summed E-state index contributed by atoms with van der Waals surface area (Å²) in [5.74, 6) is 0.868. The van der Waals surface area contributed by atoms with Gasteiger partial charge >= 0.3 is 0 Å². The second-order valence-electron chi connectivity index (χ2n) is 8.50. The second-order valence-corrected chi connectivity index (χ2v) is 8.50. The van der Waals surface area contributed by atoms with E-state index in [0.717, 1.165) is 64.2 Å². The minimum Gasteiger partial charge on any atom is -0.369 e. The van der Waals surface area contributed by atoms with Gasteiger partial charge in [0.2, 0.25) is 0 Å². The van der Waals surface area contributed by atoms with E-state index in [1.807, 2.05) is 18.2 Å². The highest BCUT2D eigenvalue weighted by Gasteiger charge is 2.17. The molecule has 0 bridgehead atoms. The van der Waals surface area contributed by atoms with Gasteiger partial charge in [-0.2, -0.15) is 0 Å². The lowest BCUT2D eigenvalue weighted by Gasteiger charge is -2.19. The number of benzene rings is 1. The van der Waals surface area contributed by atoms with E-state index in [-0.39, 0.29) is 11.8 Å². The number of anilines is 1. The molecule has 35 heavy (non-hydrogen) atoms. The molecule has 4 rings (SSSR count). The van der Waals surface area contributed by atoms with Gasteiger partial charge in [0.05, 0.1) is 16.8 Å². The van der Waals surface area contributed by atoms with Gasteiger partial charge in [-0.05, 0) is 43.0 Å². The number of para-hydroxylation sites is 1. The Hall–Kier alpha value is -3.87. The molecule has 7 heteroatoms. The molecule has 3 heterocycles. The quantitative estimate of drug-likeness (QED) is 0.352. The maximum absolute atomic E-state index is 12.3. The molecule has 0 aliphatic heterocycles. The van der Waals surface area contributed by atoms with Crippen molar-refractivity contribution in [1.82, 2.24) is 25.3 Å². The minimum atomic E-state index is -0.109. The third-order valence-electron chi connectivity index (χ3n) is 6.35. The van der Waals surface area contributed by atoms with Crippen molar-refractivity contribution in [3.05, 3.63) is 77.5 Å². The highest BCUT2D eigenvalue weighted by atomic mass is 16.1. The van der Waals surface area contributed by atoms with Crippen molar-refractivity contribution >= 4 is 22.6 Å². The average molecular weight is 469 g/mol. The highest BCUT2D eigenvalue weighted by Crippen LogP contribution is 2.29. The van der Waals surface area contributed by atoms with E-state index in [9.17, 15) is 4.79 Å². The van der Waals surface area contributed by atoms with Crippen LogP contribution >= 0.6 is 0 Å². The maximum atomic E-state index is 12.3. The first-order valence-corrected chi connectivity index (χ1v) is 12.2. The summed E-state index contributed by atoms with van der Waals surface area (Å²) in [5.41, 5.74) is 6.69. The fourth-order valence-electron chi connectivity index (χ4n) is 4.33. The van der Waals surface area contributed by atoms with Gasteiger partial charge in [0.25, 0.3) is 5.91 Å². The molecule has 1 atom stereocenters. The number of carbonyl (C=O) groups is 1. The van der Waals surface area contributed by atoms with Crippen LogP contribution in [0.3, 0.4) is 0 Å². The molecule has 2 N–H and O–H groups in total. The first-order valence-electron chi connectivity index (χ1n) is 12.2. The van der Waals surface area contributed by atoms with Crippen LogP contribution in [-0.4, -0.2) is 39.4 Å². The molecule has 0 radical (unpaired) electrons. The molecule has 0 aliphatic rings. The van der Waals surface area contributed by atoms with Gasteiger partial charge < -0.3 is 10.6 Å². The average Bonchev–Trinajstić information content (AvgIpc) is 2.92. The fourth-order valence-corrected chi connectivity index (χ4v) is 4.33. The van der Waals surface area contributed by atoms with Crippen molar-refractivity contribution in [2.24, 2.45) is 0 Å². The lowest BCUT2D eigenvalue weighted by molar-refractivity contribution is 0.0964. The van der Waals surface area contributed by atoms with Crippen LogP contribution in [0.15, 0.2) is 55.0 Å². The first-order chi connectivity index (χ1) is 17.1. The van der Waals surface area contributed by atoms with Gasteiger partial charge in [-0.25, -0.2) is 9.97 Å². The van der Waals surface area contributed by atoms with Crippen molar-refractivity contribution in [3.63, 3.8) is 0 Å². The predicted molar refractivity (Wildman–Crippen MR) is 141 cm³/mol. The van der Waals surface area contributed by atoms with E-state index in [1.54, 1.807) is 25.6 Å². The number of rotatable bonds is 9. The van der Waals surface area contributed by atoms with Crippen LogP contribution in [0.25, 0.3) is 22.2 Å². The fraction of sp³-hybridized carbons (Fsp3) is 0.321. The van der Waals surface area contributed by atoms with Crippen molar-refractivity contribution < 1.29 is 4.79 Å². The van der Waals surface area contributed by atoms with Gasteiger partial charge in [-0.15, -0.1) is 0 Å². The zero-order chi connectivity index (χ0) is 24.8. The van der Waals surface area contributed by atoms with Gasteiger partial charge in [0.1, 0.15) is 12.1 Å². The van der Waals surface area contributed by atoms with Crippen LogP contribution in [0.1, 0.15) is 60.4 Å². The third-order valence-corrected chi connectivity index (χ3v) is 6.35. The van der Waals surface area contributed by atoms with Gasteiger partial charge in [-0.3, -0.25) is 14.8 Å². The van der Waals surface area contributed by atoms with E-state index >= 15 is 0 Å². The van der Waals surface area contributed by atoms with Crippen LogP contribution in [0, 0.1) is 0 Å². The molecule has 7 nitrogen and oxygen atoms in total. The van der Waals surface area contributed by atoms with E-state index in [1.165, 1.54) is 0 Å². The standard InChI is InChI=1S/C28H32N6O/c1-5-18(22-9-8-10-23-24(28(35)29-4)11-12-30-27(22)23)16-31-26-15-25(32-17-33-26)19-13-20(6-2)34-21(7-3)14-19/h8-15,17-18H,5-7,16H2,1-4H3,(H,29,35)(H,31,32,33). The number of aromatic nitrogens is 4. The predicted octanol–water partition coefficient (Wildman–Crippen LogP) is 5.18. The Labute approximate surface area is 206 Å². The molecule has 0 saturated carbocycles. The number of carbonyl (C=O) groups excluding carboxylic acids is 1. The summed E-state index contributed by atoms with van der Waals surface area (Å²) < 4.78 is 0. The molecule has 0 saturated heterocycles. The summed E-state index contributed by atoms with van der Waals surface area (Å²) >= 11 is 0. The SMILES string of the molecule is CCc1cc(-c2cc(NCC(CC)c3cccc4c(C(=O)NC)ccnc34)ncn2)cc(CC)n1. The first kappa shape index (κ1) is 24.3. The summed E-state index contributed by atoms with van der Waals surface area (Å²) in [5, 5.41) is 7.08. The molecular weight excluding hydrogens is 436 g/mol. The topological polar surface area (TPSA) is 92.7 Å². The molecule has 0 aliphatic carbocycles. The molecule has 3 aromatic heterocycles. The minimum absolute atomic E-state index is 0.109. The number of aryl methyl sites for hydroxylation is 2. The van der Waals surface area contributed by atoms with E-state index in [0.29, 0.717) is 12.1 Å². The molecule has 1 aromatic carbocycles. The lowest BCUT2D eigenvalue weighted by Crippen LogP contribution is -2.18. The molecule has 1 unspecified atom stereocenters. The number of fused-ring (bicyclic) bond motifs is 1. The van der Waals surface area contributed by atoms with Gasteiger partial charge in [0, 0.05) is 54.1 Å². The van der Waals surface area contributed by atoms with E-state index in [4.69, 9.17) is 0 Å². The Morgan fingerprint density at radius 3 is 2.43 bits per heavy atom. The number of amides is 1. The van der Waals surface area contributed by atoms with Crippen LogP contribution in [0.2, 0.25) is 0 Å². The molecule has 0 spiro atoms. The highest BCUT2D eigenvalue weighted by molar-refractivity contribution is 6.06. The smallest absolute Gasteiger partial charge is 0.251 e. The third kappa shape index (κ3) is 5.29. The molecule has 0 fully saturated rings. The monoisotopic (exact) mass is 468 g/mol. The number of nitrogens with one attached hydrogen (secondary N) is 2. The van der Waals surface area contributed by atoms with E-state index < -0.39 is 0 Å². The number of hydrogen-bond donors (Lipinski definition) is 2. The lowest BCUT2D eigenvalue weighted by atomic mass is 9.92. The van der Waals surface area contributed by atoms with Gasteiger partial charge in [-0.1, -0.05) is 39.0 Å². The Morgan fingerprint density at radius 1 is 0.971 bits per heavy atom. The largest absolute Gasteiger partial charge is 0.369 e. The van der Waals surface area contributed by atoms with Crippen LogP contribution in [0.5, 0.6) is 0 Å². The zero-order valence-corrected chi connectivity index (χ0v) is 20.8. The zero-order valence-electron chi connectivity index (χ0n) is 20.8. The number of nitrogens with zero attached hydrogens (tertiary/aromatic N) is 4. The van der Waals surface area contributed by atoms with Crippen LogP contribution in [0.4, 0.5) is 5.82 Å². The second kappa shape index (κ2) is 11.0. The summed E-state index contributed by atoms with van der Waals surface area (Å²) in [6.45, 7) is 7.08. The van der Waals surface area contributed by atoms with E-state index in [2.05, 4.69) is 69.5 Å². The van der Waals surface area contributed by atoms with Crippen molar-refractivity contribution in [3.8, 4) is 11.3 Å². The van der Waals surface area contributed by atoms with Crippen molar-refractivity contribution in [1.29, 1.82) is 0 Å². The normalized spacial score (nSPS) is 11.9. The van der Waals surface area contributed by atoms with Gasteiger partial charge in [0.15, 0.2) is 0 Å². The molecular formula is C28H32N6O. The molecule has 4 aromatic rings. The van der Waals surface area contributed by atoms with Crippen molar-refractivity contribution in [2.75, 3.05) is 18.9 Å². The summed E-state index contributed by atoms with van der Waals surface area (Å²) in [6, 6.07) is 14.0. The van der Waals surface area contributed by atoms with Crippen molar-refractivity contribution in [2.45, 2.75) is 46.0 Å². The maximum Gasteiger partial charge on any atom is 0.251 e. The Bertz CT molecular complexity index is 1310. The molecule has 1 amide bonds. The summed E-state index contributed by atoms with van der Waals surface area (Å²) in [7, 11) is 1.64. The van der Waals surface area contributed by atoms with Crippen LogP contribution in [-0.2, 0) is 12.8 Å². The summed E-state index contributed by atoms with van der Waals surface area (Å²) in [4.78, 5) is 30.6. The van der Waals surface area contributed by atoms with Crippen LogP contribution < -0.4 is 10.6 Å². The molecule has 180 valence electrons. The number of pyridine rings is 2. The Morgan fingerprint density at radius 2 is 1.74 bits per heavy atom.